The van der Waals surface area contributed by atoms with Crippen LogP contribution >= 0.6 is 23.8 Å². The third kappa shape index (κ3) is 3.59. The fourth-order valence-corrected chi connectivity index (χ4v) is 1.15. The quantitative estimate of drug-likeness (QED) is 0.643. The lowest BCUT2D eigenvalue weighted by Gasteiger charge is -2.07. The number of urea groups is 1. The first-order valence-electron chi connectivity index (χ1n) is 3.71. The third-order valence-corrected chi connectivity index (χ3v) is 1.79. The van der Waals surface area contributed by atoms with E-state index >= 15 is 0 Å². The first-order chi connectivity index (χ1) is 6.58. The second kappa shape index (κ2) is 4.78. The van der Waals surface area contributed by atoms with Gasteiger partial charge in [0.1, 0.15) is 0 Å². The standard InChI is InChI=1S/C8H8ClN3OS/c9-5-1-3-6(4-2-5)11-8(14)12-7(10)13/h1-4H,(H4,10,11,12,13,14). The van der Waals surface area contributed by atoms with Crippen molar-refractivity contribution in [2.45, 2.75) is 0 Å². The second-order valence-corrected chi connectivity index (χ2v) is 3.29. The van der Waals surface area contributed by atoms with Crippen LogP contribution in [-0.4, -0.2) is 11.1 Å². The molecule has 0 fully saturated rings. The van der Waals surface area contributed by atoms with E-state index < -0.39 is 6.03 Å². The minimum absolute atomic E-state index is 0.153. The number of nitrogens with one attached hydrogen (secondary N) is 2. The highest BCUT2D eigenvalue weighted by molar-refractivity contribution is 7.80. The number of primary amides is 1. The highest BCUT2D eigenvalue weighted by Gasteiger charge is 1.99. The van der Waals surface area contributed by atoms with E-state index in [2.05, 4.69) is 10.6 Å². The van der Waals surface area contributed by atoms with E-state index in [1.807, 2.05) is 0 Å². The average Bonchev–Trinajstić information content (AvgIpc) is 2.07. The molecule has 4 N–H and O–H groups in total. The number of rotatable bonds is 1. The topological polar surface area (TPSA) is 67.2 Å². The minimum atomic E-state index is -0.698. The van der Waals surface area contributed by atoms with Crippen LogP contribution in [0.5, 0.6) is 0 Å². The van der Waals surface area contributed by atoms with Crippen molar-refractivity contribution in [3.63, 3.8) is 0 Å². The van der Waals surface area contributed by atoms with Crippen LogP contribution in [0.3, 0.4) is 0 Å². The van der Waals surface area contributed by atoms with E-state index in [1.165, 1.54) is 0 Å². The summed E-state index contributed by atoms with van der Waals surface area (Å²) in [7, 11) is 0. The van der Waals surface area contributed by atoms with Gasteiger partial charge in [0.15, 0.2) is 5.11 Å². The number of nitrogens with two attached hydrogens (primary N) is 1. The zero-order valence-electron chi connectivity index (χ0n) is 7.08. The van der Waals surface area contributed by atoms with Crippen molar-refractivity contribution in [1.82, 2.24) is 5.32 Å². The van der Waals surface area contributed by atoms with Crippen LogP contribution in [0, 0.1) is 0 Å². The number of amides is 2. The molecule has 0 heterocycles. The van der Waals surface area contributed by atoms with E-state index in [0.29, 0.717) is 5.02 Å². The maximum Gasteiger partial charge on any atom is 0.318 e. The SMILES string of the molecule is NC(=O)NC(=S)Nc1ccc(Cl)cc1. The summed E-state index contributed by atoms with van der Waals surface area (Å²) < 4.78 is 0. The Kier molecular flexibility index (Phi) is 3.67. The number of carbonyl (C=O) groups excluding carboxylic acids is 1. The lowest BCUT2D eigenvalue weighted by Crippen LogP contribution is -2.37. The maximum absolute atomic E-state index is 10.4. The largest absolute Gasteiger partial charge is 0.351 e. The van der Waals surface area contributed by atoms with Gasteiger partial charge in [0, 0.05) is 10.7 Å². The molecule has 0 aliphatic heterocycles. The molecule has 74 valence electrons. The van der Waals surface area contributed by atoms with Crippen molar-refractivity contribution in [2.24, 2.45) is 5.73 Å². The Morgan fingerprint density at radius 1 is 1.36 bits per heavy atom. The summed E-state index contributed by atoms with van der Waals surface area (Å²) in [6.07, 6.45) is 0. The van der Waals surface area contributed by atoms with Crippen LogP contribution in [0.2, 0.25) is 5.02 Å². The predicted molar refractivity (Wildman–Crippen MR) is 60.4 cm³/mol. The highest BCUT2D eigenvalue weighted by atomic mass is 35.5. The molecule has 1 aromatic rings. The van der Waals surface area contributed by atoms with Crippen molar-refractivity contribution in [3.8, 4) is 0 Å². The van der Waals surface area contributed by atoms with Crippen LogP contribution in [0.4, 0.5) is 10.5 Å². The van der Waals surface area contributed by atoms with E-state index in [-0.39, 0.29) is 5.11 Å². The van der Waals surface area contributed by atoms with Gasteiger partial charge in [-0.25, -0.2) is 4.79 Å². The first-order valence-corrected chi connectivity index (χ1v) is 4.49. The molecule has 0 saturated heterocycles. The molecule has 0 saturated carbocycles. The van der Waals surface area contributed by atoms with Crippen LogP contribution in [0.25, 0.3) is 0 Å². The molecule has 1 aromatic carbocycles. The van der Waals surface area contributed by atoms with Gasteiger partial charge in [-0.15, -0.1) is 0 Å². The molecule has 0 aromatic heterocycles. The average molecular weight is 230 g/mol. The summed E-state index contributed by atoms with van der Waals surface area (Å²) in [6.45, 7) is 0. The molecule has 0 aliphatic carbocycles. The number of carbonyl (C=O) groups is 1. The van der Waals surface area contributed by atoms with Crippen LogP contribution in [0.1, 0.15) is 0 Å². The molecule has 0 radical (unpaired) electrons. The van der Waals surface area contributed by atoms with Crippen LogP contribution in [0.15, 0.2) is 24.3 Å². The number of hydrogen-bond acceptors (Lipinski definition) is 2. The Hall–Kier alpha value is -1.33. The lowest BCUT2D eigenvalue weighted by molar-refractivity contribution is 0.253. The molecule has 0 bridgehead atoms. The normalized spacial score (nSPS) is 9.21. The monoisotopic (exact) mass is 229 g/mol. The Bertz CT molecular complexity index is 352. The summed E-state index contributed by atoms with van der Waals surface area (Å²) in [5.41, 5.74) is 5.60. The molecule has 0 spiro atoms. The summed E-state index contributed by atoms with van der Waals surface area (Å²) >= 11 is 10.5. The number of benzene rings is 1. The first kappa shape index (κ1) is 10.7. The molecule has 14 heavy (non-hydrogen) atoms. The Labute approximate surface area is 91.4 Å². The zero-order chi connectivity index (χ0) is 10.6. The van der Waals surface area contributed by atoms with Crippen molar-refractivity contribution in [1.29, 1.82) is 0 Å². The van der Waals surface area contributed by atoms with Crippen molar-refractivity contribution in [3.05, 3.63) is 29.3 Å². The molecule has 2 amide bonds. The fourth-order valence-electron chi connectivity index (χ4n) is 0.807. The van der Waals surface area contributed by atoms with E-state index in [4.69, 9.17) is 29.6 Å². The predicted octanol–water partition coefficient (Wildman–Crippen LogP) is 1.71. The minimum Gasteiger partial charge on any atom is -0.351 e. The van der Waals surface area contributed by atoms with Crippen LogP contribution in [-0.2, 0) is 0 Å². The Morgan fingerprint density at radius 2 is 1.93 bits per heavy atom. The molecule has 4 nitrogen and oxygen atoms in total. The third-order valence-electron chi connectivity index (χ3n) is 1.34. The maximum atomic E-state index is 10.4. The van der Waals surface area contributed by atoms with Crippen molar-refractivity contribution >= 4 is 40.6 Å². The zero-order valence-corrected chi connectivity index (χ0v) is 8.65. The van der Waals surface area contributed by atoms with Gasteiger partial charge in [-0.3, -0.25) is 5.32 Å². The van der Waals surface area contributed by atoms with Crippen molar-refractivity contribution < 1.29 is 4.79 Å². The van der Waals surface area contributed by atoms with Crippen molar-refractivity contribution in [2.75, 3.05) is 5.32 Å². The van der Waals surface area contributed by atoms with E-state index in [0.717, 1.165) is 5.69 Å². The highest BCUT2D eigenvalue weighted by Crippen LogP contribution is 2.12. The van der Waals surface area contributed by atoms with Gasteiger partial charge in [-0.05, 0) is 36.5 Å². The van der Waals surface area contributed by atoms with Gasteiger partial charge >= 0.3 is 6.03 Å². The van der Waals surface area contributed by atoms with E-state index in [9.17, 15) is 4.79 Å². The van der Waals surface area contributed by atoms with E-state index in [1.54, 1.807) is 24.3 Å². The molecular formula is C8H8ClN3OS. The van der Waals surface area contributed by atoms with Gasteiger partial charge in [0.2, 0.25) is 0 Å². The van der Waals surface area contributed by atoms with Gasteiger partial charge in [-0.2, -0.15) is 0 Å². The van der Waals surface area contributed by atoms with Crippen LogP contribution < -0.4 is 16.4 Å². The summed E-state index contributed by atoms with van der Waals surface area (Å²) in [6, 6.07) is 6.18. The molecule has 1 rings (SSSR count). The van der Waals surface area contributed by atoms with Gasteiger partial charge in [-0.1, -0.05) is 11.6 Å². The van der Waals surface area contributed by atoms with Gasteiger partial charge in [0.05, 0.1) is 0 Å². The molecule has 0 atom stereocenters. The molecule has 0 aliphatic rings. The number of thiocarbonyl (C=S) groups is 1. The van der Waals surface area contributed by atoms with Gasteiger partial charge in [0.25, 0.3) is 0 Å². The fraction of sp³-hybridized carbons (Fsp3) is 0. The summed E-state index contributed by atoms with van der Waals surface area (Å²) in [5, 5.41) is 5.77. The smallest absolute Gasteiger partial charge is 0.318 e. The summed E-state index contributed by atoms with van der Waals surface area (Å²) in [5.74, 6) is 0. The Morgan fingerprint density at radius 3 is 2.43 bits per heavy atom. The molecular weight excluding hydrogens is 222 g/mol. The number of anilines is 1. The number of hydrogen-bond donors (Lipinski definition) is 3. The molecule has 0 unspecified atom stereocenters. The lowest BCUT2D eigenvalue weighted by atomic mass is 10.3. The molecule has 6 heteroatoms. The van der Waals surface area contributed by atoms with Gasteiger partial charge < -0.3 is 11.1 Å². The Balaban J connectivity index is 2.56. The second-order valence-electron chi connectivity index (χ2n) is 2.45. The summed E-state index contributed by atoms with van der Waals surface area (Å²) in [4.78, 5) is 10.4. The number of halogens is 1.